The number of rotatable bonds is 2. The molecule has 3 fully saturated rings. The first-order valence-electron chi connectivity index (χ1n) is 6.70. The van der Waals surface area contributed by atoms with E-state index in [1.807, 2.05) is 0 Å². The quantitative estimate of drug-likeness (QED) is 0.788. The molecule has 3 unspecified atom stereocenters. The van der Waals surface area contributed by atoms with E-state index < -0.39 is 5.97 Å². The molecule has 3 rings (SSSR count). The van der Waals surface area contributed by atoms with Gasteiger partial charge in [0, 0.05) is 19.0 Å². The van der Waals surface area contributed by atoms with Crippen LogP contribution in [0.15, 0.2) is 0 Å². The summed E-state index contributed by atoms with van der Waals surface area (Å²) >= 11 is 0. The van der Waals surface area contributed by atoms with Gasteiger partial charge in [-0.25, -0.2) is 0 Å². The maximum absolute atomic E-state index is 12.3. The van der Waals surface area contributed by atoms with Crippen molar-refractivity contribution in [3.63, 3.8) is 0 Å². The van der Waals surface area contributed by atoms with Gasteiger partial charge in [0.25, 0.3) is 0 Å². The summed E-state index contributed by atoms with van der Waals surface area (Å²) in [7, 11) is 0. The minimum atomic E-state index is -0.756. The third kappa shape index (κ3) is 1.83. The Kier molecular flexibility index (Phi) is 2.60. The minimum absolute atomic E-state index is 0.241. The number of amides is 1. The second-order valence-corrected chi connectivity index (χ2v) is 5.75. The first kappa shape index (κ1) is 11.1. The van der Waals surface area contributed by atoms with Crippen LogP contribution in [0.4, 0.5) is 0 Å². The van der Waals surface area contributed by atoms with E-state index in [1.54, 1.807) is 4.90 Å². The van der Waals surface area contributed by atoms with Gasteiger partial charge in [0.05, 0.1) is 5.92 Å². The van der Waals surface area contributed by atoms with Gasteiger partial charge in [-0.2, -0.15) is 0 Å². The molecule has 2 saturated carbocycles. The van der Waals surface area contributed by atoms with Crippen molar-refractivity contribution in [1.82, 2.24) is 4.90 Å². The van der Waals surface area contributed by atoms with E-state index in [1.165, 1.54) is 25.7 Å². The summed E-state index contributed by atoms with van der Waals surface area (Å²) in [4.78, 5) is 24.9. The van der Waals surface area contributed by atoms with Gasteiger partial charge in [0.1, 0.15) is 0 Å². The summed E-state index contributed by atoms with van der Waals surface area (Å²) in [5, 5.41) is 8.94. The average Bonchev–Trinajstić information content (AvgIpc) is 2.83. The van der Waals surface area contributed by atoms with Crippen molar-refractivity contribution in [3.05, 3.63) is 0 Å². The van der Waals surface area contributed by atoms with E-state index in [0.29, 0.717) is 31.3 Å². The monoisotopic (exact) mass is 237 g/mol. The minimum Gasteiger partial charge on any atom is -0.481 e. The standard InChI is InChI=1S/C13H19NO3/c15-12(11-9-3-1-2-4-10(9)11)14-6-5-8(7-14)13(16)17/h8-11H,1-7H2,(H,16,17). The fourth-order valence-corrected chi connectivity index (χ4v) is 3.73. The highest BCUT2D eigenvalue weighted by atomic mass is 16.4. The van der Waals surface area contributed by atoms with Gasteiger partial charge < -0.3 is 10.0 Å². The Morgan fingerprint density at radius 3 is 2.24 bits per heavy atom. The molecule has 1 aliphatic heterocycles. The topological polar surface area (TPSA) is 57.6 Å². The Labute approximate surface area is 101 Å². The highest BCUT2D eigenvalue weighted by Gasteiger charge is 2.56. The van der Waals surface area contributed by atoms with Gasteiger partial charge >= 0.3 is 5.97 Å². The maximum atomic E-state index is 12.3. The van der Waals surface area contributed by atoms with Crippen molar-refractivity contribution in [2.75, 3.05) is 13.1 Å². The zero-order chi connectivity index (χ0) is 12.0. The van der Waals surface area contributed by atoms with Crippen LogP contribution < -0.4 is 0 Å². The molecule has 3 atom stereocenters. The van der Waals surface area contributed by atoms with Gasteiger partial charge in [-0.1, -0.05) is 12.8 Å². The molecule has 1 saturated heterocycles. The van der Waals surface area contributed by atoms with E-state index in [0.717, 1.165) is 0 Å². The van der Waals surface area contributed by atoms with Crippen LogP contribution in [0.1, 0.15) is 32.1 Å². The molecule has 94 valence electrons. The molecule has 2 aliphatic carbocycles. The lowest BCUT2D eigenvalue weighted by Gasteiger charge is -2.15. The first-order valence-corrected chi connectivity index (χ1v) is 6.70. The lowest BCUT2D eigenvalue weighted by Crippen LogP contribution is -2.31. The number of likely N-dealkylation sites (tertiary alicyclic amines) is 1. The molecule has 0 spiro atoms. The van der Waals surface area contributed by atoms with Gasteiger partial charge in [-0.05, 0) is 31.1 Å². The number of fused-ring (bicyclic) bond motifs is 1. The number of carboxylic acids is 1. The van der Waals surface area contributed by atoms with Crippen LogP contribution >= 0.6 is 0 Å². The molecule has 3 aliphatic rings. The molecule has 0 aromatic rings. The number of nitrogens with zero attached hydrogens (tertiary/aromatic N) is 1. The van der Waals surface area contributed by atoms with Crippen LogP contribution in [-0.4, -0.2) is 35.0 Å². The molecular weight excluding hydrogens is 218 g/mol. The lowest BCUT2D eigenvalue weighted by molar-refractivity contribution is -0.141. The lowest BCUT2D eigenvalue weighted by atomic mass is 10.0. The summed E-state index contributed by atoms with van der Waals surface area (Å²) in [6.45, 7) is 1.08. The van der Waals surface area contributed by atoms with Crippen LogP contribution in [0.5, 0.6) is 0 Å². The van der Waals surface area contributed by atoms with E-state index in [-0.39, 0.29) is 17.7 Å². The number of carboxylic acid groups (broad SMARTS) is 1. The normalized spacial score (nSPS) is 39.9. The zero-order valence-corrected chi connectivity index (χ0v) is 9.97. The molecule has 1 N–H and O–H groups in total. The Hall–Kier alpha value is -1.06. The third-order valence-corrected chi connectivity index (χ3v) is 4.79. The van der Waals surface area contributed by atoms with Crippen LogP contribution in [0.3, 0.4) is 0 Å². The van der Waals surface area contributed by atoms with Crippen LogP contribution in [-0.2, 0) is 9.59 Å². The molecular formula is C13H19NO3. The van der Waals surface area contributed by atoms with Gasteiger partial charge in [0.2, 0.25) is 5.91 Å². The molecule has 4 nitrogen and oxygen atoms in total. The van der Waals surface area contributed by atoms with Gasteiger partial charge in [-0.15, -0.1) is 0 Å². The summed E-state index contributed by atoms with van der Waals surface area (Å²) in [6, 6.07) is 0. The number of hydrogen-bond acceptors (Lipinski definition) is 2. The number of hydrogen-bond donors (Lipinski definition) is 1. The molecule has 1 heterocycles. The van der Waals surface area contributed by atoms with Crippen LogP contribution in [0.2, 0.25) is 0 Å². The second kappa shape index (κ2) is 4.00. The predicted octanol–water partition coefficient (Wildman–Crippen LogP) is 1.36. The summed E-state index contributed by atoms with van der Waals surface area (Å²) in [5.41, 5.74) is 0. The summed E-state index contributed by atoms with van der Waals surface area (Å²) < 4.78 is 0. The largest absolute Gasteiger partial charge is 0.481 e. The fraction of sp³-hybridized carbons (Fsp3) is 0.846. The molecule has 0 aromatic heterocycles. The molecule has 4 heteroatoms. The average molecular weight is 237 g/mol. The second-order valence-electron chi connectivity index (χ2n) is 5.75. The smallest absolute Gasteiger partial charge is 0.308 e. The van der Waals surface area contributed by atoms with E-state index >= 15 is 0 Å². The highest BCUT2D eigenvalue weighted by Crippen LogP contribution is 2.56. The van der Waals surface area contributed by atoms with Crippen molar-refractivity contribution in [3.8, 4) is 0 Å². The van der Waals surface area contributed by atoms with Crippen LogP contribution in [0.25, 0.3) is 0 Å². The SMILES string of the molecule is O=C(O)C1CCN(C(=O)C2C3CCCCC32)C1. The Balaban J connectivity index is 1.59. The number of carbonyl (C=O) groups is 2. The maximum Gasteiger partial charge on any atom is 0.308 e. The zero-order valence-electron chi connectivity index (χ0n) is 9.97. The molecule has 0 aromatic carbocycles. The Morgan fingerprint density at radius 2 is 1.71 bits per heavy atom. The number of aliphatic carboxylic acids is 1. The molecule has 17 heavy (non-hydrogen) atoms. The molecule has 1 amide bonds. The third-order valence-electron chi connectivity index (χ3n) is 4.79. The Morgan fingerprint density at radius 1 is 1.06 bits per heavy atom. The van der Waals surface area contributed by atoms with Crippen molar-refractivity contribution in [1.29, 1.82) is 0 Å². The van der Waals surface area contributed by atoms with Crippen molar-refractivity contribution in [2.45, 2.75) is 32.1 Å². The predicted molar refractivity (Wildman–Crippen MR) is 61.3 cm³/mol. The van der Waals surface area contributed by atoms with Gasteiger partial charge in [0.15, 0.2) is 0 Å². The Bertz CT molecular complexity index is 343. The van der Waals surface area contributed by atoms with Crippen LogP contribution in [0, 0.1) is 23.7 Å². The van der Waals surface area contributed by atoms with Crippen molar-refractivity contribution >= 4 is 11.9 Å². The van der Waals surface area contributed by atoms with Gasteiger partial charge in [-0.3, -0.25) is 9.59 Å². The van der Waals surface area contributed by atoms with Crippen molar-refractivity contribution < 1.29 is 14.7 Å². The molecule has 0 bridgehead atoms. The van der Waals surface area contributed by atoms with E-state index in [9.17, 15) is 9.59 Å². The van der Waals surface area contributed by atoms with Crippen molar-refractivity contribution in [2.24, 2.45) is 23.7 Å². The summed E-state index contributed by atoms with van der Waals surface area (Å²) in [5.74, 6) is 0.643. The fourth-order valence-electron chi connectivity index (χ4n) is 3.73. The first-order chi connectivity index (χ1) is 8.18. The summed E-state index contributed by atoms with van der Waals surface area (Å²) in [6.07, 6.45) is 5.57. The number of carbonyl (C=O) groups excluding carboxylic acids is 1. The highest BCUT2D eigenvalue weighted by molar-refractivity contribution is 5.83. The van der Waals surface area contributed by atoms with E-state index in [2.05, 4.69) is 0 Å². The molecule has 0 radical (unpaired) electrons. The van der Waals surface area contributed by atoms with E-state index in [4.69, 9.17) is 5.11 Å².